The summed E-state index contributed by atoms with van der Waals surface area (Å²) in [6, 6.07) is 31.9. The van der Waals surface area contributed by atoms with Gasteiger partial charge in [-0.3, -0.25) is 0 Å². The Hall–Kier alpha value is -2.88. The SMILES string of the molecule is CC(OC(c1ccccc1)c1ccccc1)C1CN(/C=C/Cc2ccccc2)CCN1. The predicted molar refractivity (Wildman–Crippen MR) is 128 cm³/mol. The van der Waals surface area contributed by atoms with Gasteiger partial charge in [0.2, 0.25) is 0 Å². The monoisotopic (exact) mass is 412 g/mol. The van der Waals surface area contributed by atoms with Gasteiger partial charge in [0.05, 0.1) is 12.1 Å². The molecule has 1 saturated heterocycles. The Balaban J connectivity index is 1.39. The average Bonchev–Trinajstić information content (AvgIpc) is 2.84. The molecule has 0 amide bonds. The van der Waals surface area contributed by atoms with E-state index in [-0.39, 0.29) is 18.2 Å². The number of nitrogens with zero attached hydrogens (tertiary/aromatic N) is 1. The second-order valence-electron chi connectivity index (χ2n) is 8.17. The molecule has 3 heteroatoms. The van der Waals surface area contributed by atoms with Crippen molar-refractivity contribution in [1.29, 1.82) is 0 Å². The Kier molecular flexibility index (Phi) is 7.54. The lowest BCUT2D eigenvalue weighted by molar-refractivity contribution is -0.0129. The molecule has 0 aromatic heterocycles. The summed E-state index contributed by atoms with van der Waals surface area (Å²) in [5.41, 5.74) is 3.72. The van der Waals surface area contributed by atoms with Crippen molar-refractivity contribution in [2.75, 3.05) is 19.6 Å². The lowest BCUT2D eigenvalue weighted by Crippen LogP contribution is -2.54. The van der Waals surface area contributed by atoms with Crippen LogP contribution < -0.4 is 5.32 Å². The first kappa shape index (κ1) is 21.4. The van der Waals surface area contributed by atoms with Crippen LogP contribution in [-0.2, 0) is 11.2 Å². The van der Waals surface area contributed by atoms with Crippen molar-refractivity contribution in [3.05, 3.63) is 120 Å². The van der Waals surface area contributed by atoms with Crippen molar-refractivity contribution >= 4 is 0 Å². The predicted octanol–water partition coefficient (Wildman–Crippen LogP) is 5.21. The van der Waals surface area contributed by atoms with E-state index in [1.165, 1.54) is 16.7 Å². The molecule has 1 heterocycles. The molecule has 31 heavy (non-hydrogen) atoms. The first-order valence-electron chi connectivity index (χ1n) is 11.2. The molecule has 2 unspecified atom stereocenters. The Morgan fingerprint density at radius 3 is 2.10 bits per heavy atom. The molecule has 0 bridgehead atoms. The fourth-order valence-electron chi connectivity index (χ4n) is 4.12. The normalized spacial score (nSPS) is 17.9. The third kappa shape index (κ3) is 6.06. The van der Waals surface area contributed by atoms with Gasteiger partial charge in [-0.15, -0.1) is 0 Å². The summed E-state index contributed by atoms with van der Waals surface area (Å²) < 4.78 is 6.67. The topological polar surface area (TPSA) is 24.5 Å². The van der Waals surface area contributed by atoms with Gasteiger partial charge in [-0.1, -0.05) is 97.1 Å². The maximum atomic E-state index is 6.67. The molecule has 160 valence electrons. The lowest BCUT2D eigenvalue weighted by atomic mass is 10.0. The first-order valence-corrected chi connectivity index (χ1v) is 11.2. The highest BCUT2D eigenvalue weighted by Gasteiger charge is 2.27. The summed E-state index contributed by atoms with van der Waals surface area (Å²) in [6.45, 7) is 5.13. The summed E-state index contributed by atoms with van der Waals surface area (Å²) in [7, 11) is 0. The van der Waals surface area contributed by atoms with Gasteiger partial charge in [0, 0.05) is 19.6 Å². The van der Waals surface area contributed by atoms with E-state index in [1.807, 2.05) is 0 Å². The van der Waals surface area contributed by atoms with E-state index in [0.717, 1.165) is 26.1 Å². The highest BCUT2D eigenvalue weighted by molar-refractivity contribution is 5.30. The highest BCUT2D eigenvalue weighted by atomic mass is 16.5. The molecule has 4 rings (SSSR count). The zero-order valence-corrected chi connectivity index (χ0v) is 18.2. The third-order valence-electron chi connectivity index (χ3n) is 5.87. The van der Waals surface area contributed by atoms with Crippen molar-refractivity contribution in [2.45, 2.75) is 31.6 Å². The van der Waals surface area contributed by atoms with E-state index in [4.69, 9.17) is 4.74 Å². The molecule has 0 saturated carbocycles. The second-order valence-corrected chi connectivity index (χ2v) is 8.17. The van der Waals surface area contributed by atoms with Crippen LogP contribution in [0.1, 0.15) is 29.7 Å². The van der Waals surface area contributed by atoms with E-state index in [2.05, 4.69) is 120 Å². The number of ether oxygens (including phenoxy) is 1. The fraction of sp³-hybridized carbons (Fsp3) is 0.286. The van der Waals surface area contributed by atoms with Crippen LogP contribution in [0.2, 0.25) is 0 Å². The molecular weight excluding hydrogens is 380 g/mol. The number of rotatable bonds is 8. The molecule has 3 nitrogen and oxygen atoms in total. The van der Waals surface area contributed by atoms with Crippen molar-refractivity contribution in [1.82, 2.24) is 10.2 Å². The molecule has 3 aromatic carbocycles. The molecule has 1 N–H and O–H groups in total. The summed E-state index contributed by atoms with van der Waals surface area (Å²) in [4.78, 5) is 2.41. The minimum absolute atomic E-state index is 0.0665. The molecule has 2 atom stereocenters. The van der Waals surface area contributed by atoms with Crippen molar-refractivity contribution < 1.29 is 4.74 Å². The maximum absolute atomic E-state index is 6.67. The molecule has 0 aliphatic carbocycles. The van der Waals surface area contributed by atoms with Crippen molar-refractivity contribution in [3.63, 3.8) is 0 Å². The number of hydrogen-bond acceptors (Lipinski definition) is 3. The fourth-order valence-corrected chi connectivity index (χ4v) is 4.12. The number of benzene rings is 3. The first-order chi connectivity index (χ1) is 15.3. The standard InChI is InChI=1S/C28H32N2O/c1-23(31-28(25-15-7-3-8-16-25)26-17-9-4-10-18-26)27-22-30(21-19-29-27)20-11-14-24-12-5-2-6-13-24/h2-13,15-18,20,23,27-29H,14,19,21-22H2,1H3/b20-11+. The van der Waals surface area contributed by atoms with Gasteiger partial charge in [0.1, 0.15) is 6.10 Å². The molecule has 1 aliphatic heterocycles. The zero-order valence-electron chi connectivity index (χ0n) is 18.2. The number of piperazine rings is 1. The number of nitrogens with one attached hydrogen (secondary N) is 1. The van der Waals surface area contributed by atoms with Crippen LogP contribution in [0.25, 0.3) is 0 Å². The van der Waals surface area contributed by atoms with Gasteiger partial charge in [-0.25, -0.2) is 0 Å². The van der Waals surface area contributed by atoms with Crippen LogP contribution in [0.5, 0.6) is 0 Å². The largest absolute Gasteiger partial charge is 0.375 e. The van der Waals surface area contributed by atoms with Gasteiger partial charge >= 0.3 is 0 Å². The maximum Gasteiger partial charge on any atom is 0.108 e. The summed E-state index contributed by atoms with van der Waals surface area (Å²) in [5, 5.41) is 3.66. The molecule has 0 radical (unpaired) electrons. The van der Waals surface area contributed by atoms with Crippen molar-refractivity contribution in [3.8, 4) is 0 Å². The van der Waals surface area contributed by atoms with Gasteiger partial charge in [0.25, 0.3) is 0 Å². The van der Waals surface area contributed by atoms with Crippen LogP contribution in [0, 0.1) is 0 Å². The minimum Gasteiger partial charge on any atom is -0.375 e. The Morgan fingerprint density at radius 2 is 1.48 bits per heavy atom. The second kappa shape index (κ2) is 10.9. The lowest BCUT2D eigenvalue weighted by Gasteiger charge is -2.37. The molecule has 0 spiro atoms. The molecular formula is C28H32N2O. The van der Waals surface area contributed by atoms with Crippen LogP contribution in [0.4, 0.5) is 0 Å². The van der Waals surface area contributed by atoms with Crippen molar-refractivity contribution in [2.24, 2.45) is 0 Å². The number of hydrogen-bond donors (Lipinski definition) is 1. The Labute approximate surface area is 186 Å². The van der Waals surface area contributed by atoms with Crippen LogP contribution in [0.15, 0.2) is 103 Å². The van der Waals surface area contributed by atoms with E-state index in [9.17, 15) is 0 Å². The van der Waals surface area contributed by atoms with E-state index < -0.39 is 0 Å². The van der Waals surface area contributed by atoms with Crippen LogP contribution >= 0.6 is 0 Å². The molecule has 3 aromatic rings. The minimum atomic E-state index is -0.0665. The van der Waals surface area contributed by atoms with Crippen LogP contribution in [-0.4, -0.2) is 36.7 Å². The van der Waals surface area contributed by atoms with E-state index >= 15 is 0 Å². The Morgan fingerprint density at radius 1 is 0.903 bits per heavy atom. The average molecular weight is 413 g/mol. The van der Waals surface area contributed by atoms with Crippen LogP contribution in [0.3, 0.4) is 0 Å². The van der Waals surface area contributed by atoms with E-state index in [0.29, 0.717) is 0 Å². The summed E-state index contributed by atoms with van der Waals surface area (Å²) >= 11 is 0. The van der Waals surface area contributed by atoms with Gasteiger partial charge < -0.3 is 15.0 Å². The zero-order chi connectivity index (χ0) is 21.3. The summed E-state index contributed by atoms with van der Waals surface area (Å²) in [5.74, 6) is 0. The van der Waals surface area contributed by atoms with E-state index in [1.54, 1.807) is 0 Å². The third-order valence-corrected chi connectivity index (χ3v) is 5.87. The van der Waals surface area contributed by atoms with Gasteiger partial charge in [-0.2, -0.15) is 0 Å². The quantitative estimate of drug-likeness (QED) is 0.550. The number of allylic oxidation sites excluding steroid dienone is 1. The highest BCUT2D eigenvalue weighted by Crippen LogP contribution is 2.28. The molecule has 1 aliphatic rings. The van der Waals surface area contributed by atoms with Gasteiger partial charge in [-0.05, 0) is 36.2 Å². The van der Waals surface area contributed by atoms with Gasteiger partial charge in [0.15, 0.2) is 0 Å². The summed E-state index contributed by atoms with van der Waals surface area (Å²) in [6.07, 6.45) is 5.49. The molecule has 1 fully saturated rings. The Bertz CT molecular complexity index is 888. The smallest absolute Gasteiger partial charge is 0.108 e.